The fourth-order valence-corrected chi connectivity index (χ4v) is 5.58. The lowest BCUT2D eigenvalue weighted by Crippen LogP contribution is -2.48. The van der Waals surface area contributed by atoms with Crippen LogP contribution >= 0.6 is 0 Å². The van der Waals surface area contributed by atoms with Crippen LogP contribution < -0.4 is 20.3 Å². The van der Waals surface area contributed by atoms with Gasteiger partial charge in [0.1, 0.15) is 11.3 Å². The molecule has 2 aromatic rings. The van der Waals surface area contributed by atoms with Crippen molar-refractivity contribution in [3.05, 3.63) is 53.6 Å². The Balaban J connectivity index is 1.60. The number of nitrogens with one attached hydrogen (secondary N) is 2. The third-order valence-corrected chi connectivity index (χ3v) is 7.89. The number of amides is 3. The zero-order valence-electron chi connectivity index (χ0n) is 18.2. The van der Waals surface area contributed by atoms with E-state index in [0.29, 0.717) is 31.9 Å². The summed E-state index contributed by atoms with van der Waals surface area (Å²) in [6.07, 6.45) is 0. The Bertz CT molecular complexity index is 1170. The molecule has 2 fully saturated rings. The highest BCUT2D eigenvalue weighted by Crippen LogP contribution is 2.35. The molecular weight excluding hydrogens is 432 g/mol. The number of carbonyl (C=O) groups is 2. The van der Waals surface area contributed by atoms with Gasteiger partial charge in [-0.2, -0.15) is 4.31 Å². The van der Waals surface area contributed by atoms with Crippen LogP contribution in [0.2, 0.25) is 0 Å². The van der Waals surface area contributed by atoms with Crippen LogP contribution in [0.5, 0.6) is 5.75 Å². The number of hydrogen-bond donors (Lipinski definition) is 2. The van der Waals surface area contributed by atoms with Gasteiger partial charge in [-0.25, -0.2) is 13.2 Å². The summed E-state index contributed by atoms with van der Waals surface area (Å²) in [5.41, 5.74) is 1.07. The van der Waals surface area contributed by atoms with E-state index in [-0.39, 0.29) is 10.5 Å². The van der Waals surface area contributed by atoms with Gasteiger partial charge in [-0.3, -0.25) is 10.1 Å². The summed E-state index contributed by atoms with van der Waals surface area (Å²) >= 11 is 0. The van der Waals surface area contributed by atoms with E-state index < -0.39 is 27.5 Å². The Hall–Kier alpha value is -3.11. The molecule has 170 valence electrons. The van der Waals surface area contributed by atoms with E-state index in [1.165, 1.54) is 36.5 Å². The lowest BCUT2D eigenvalue weighted by Gasteiger charge is -2.35. The Morgan fingerprint density at radius 3 is 2.34 bits per heavy atom. The van der Waals surface area contributed by atoms with Gasteiger partial charge in [-0.1, -0.05) is 12.1 Å². The highest BCUT2D eigenvalue weighted by molar-refractivity contribution is 7.89. The second kappa shape index (κ2) is 8.10. The molecule has 2 aromatic carbocycles. The Kier molecular flexibility index (Phi) is 5.59. The molecule has 0 bridgehead atoms. The minimum atomic E-state index is -3.80. The van der Waals surface area contributed by atoms with Crippen LogP contribution in [0.25, 0.3) is 0 Å². The van der Waals surface area contributed by atoms with Gasteiger partial charge in [0.05, 0.1) is 12.0 Å². The van der Waals surface area contributed by atoms with Crippen LogP contribution in [0.15, 0.2) is 47.4 Å². The summed E-state index contributed by atoms with van der Waals surface area (Å²) in [4.78, 5) is 26.4. The molecule has 1 atom stereocenters. The quantitative estimate of drug-likeness (QED) is 0.659. The predicted molar refractivity (Wildman–Crippen MR) is 119 cm³/mol. The summed E-state index contributed by atoms with van der Waals surface area (Å²) in [7, 11) is -2.38. The van der Waals surface area contributed by atoms with Crippen LogP contribution in [-0.4, -0.2) is 58.0 Å². The fraction of sp³-hybridized carbons (Fsp3) is 0.364. The zero-order chi connectivity index (χ0) is 23.1. The molecule has 9 nitrogen and oxygen atoms in total. The van der Waals surface area contributed by atoms with Gasteiger partial charge < -0.3 is 15.0 Å². The van der Waals surface area contributed by atoms with Crippen LogP contribution in [0, 0.1) is 6.92 Å². The van der Waals surface area contributed by atoms with E-state index in [2.05, 4.69) is 21.6 Å². The smallest absolute Gasteiger partial charge is 0.322 e. The van der Waals surface area contributed by atoms with Crippen molar-refractivity contribution >= 4 is 27.6 Å². The van der Waals surface area contributed by atoms with Gasteiger partial charge in [0, 0.05) is 37.4 Å². The number of urea groups is 1. The number of ether oxygens (including phenoxy) is 1. The molecule has 0 aromatic heterocycles. The number of imide groups is 1. The van der Waals surface area contributed by atoms with Crippen molar-refractivity contribution in [3.8, 4) is 5.75 Å². The summed E-state index contributed by atoms with van der Waals surface area (Å²) in [5, 5.41) is 4.76. The van der Waals surface area contributed by atoms with E-state index in [4.69, 9.17) is 4.74 Å². The minimum absolute atomic E-state index is 0.0486. The van der Waals surface area contributed by atoms with Crippen molar-refractivity contribution in [2.45, 2.75) is 24.3 Å². The average molecular weight is 459 g/mol. The van der Waals surface area contributed by atoms with Gasteiger partial charge >= 0.3 is 6.03 Å². The number of methoxy groups -OCH3 is 1. The highest BCUT2D eigenvalue weighted by Gasteiger charge is 2.46. The summed E-state index contributed by atoms with van der Waals surface area (Å²) in [6.45, 7) is 5.36. The van der Waals surface area contributed by atoms with Gasteiger partial charge in [-0.15, -0.1) is 0 Å². The SMILES string of the molecule is COc1ccc(S(=O)(=O)N2CCN(c3cccc(C)c3)CC2)cc1C1(C)NC(=O)NC1=O. The number of sulfonamides is 1. The number of hydrogen-bond acceptors (Lipinski definition) is 6. The van der Waals surface area contributed by atoms with Crippen molar-refractivity contribution in [3.63, 3.8) is 0 Å². The van der Waals surface area contributed by atoms with Crippen molar-refractivity contribution in [2.24, 2.45) is 0 Å². The molecule has 10 heteroatoms. The normalized spacial score (nSPS) is 21.9. The predicted octanol–water partition coefficient (Wildman–Crippen LogP) is 1.57. The third kappa shape index (κ3) is 3.80. The van der Waals surface area contributed by atoms with E-state index in [0.717, 1.165) is 11.3 Å². The molecular formula is C22H26N4O5S. The zero-order valence-corrected chi connectivity index (χ0v) is 19.0. The molecule has 2 heterocycles. The first kappa shape index (κ1) is 22.1. The molecule has 32 heavy (non-hydrogen) atoms. The maximum atomic E-state index is 13.4. The highest BCUT2D eigenvalue weighted by atomic mass is 32.2. The first-order valence-corrected chi connectivity index (χ1v) is 11.7. The lowest BCUT2D eigenvalue weighted by atomic mass is 9.91. The fourth-order valence-electron chi connectivity index (χ4n) is 4.13. The van der Waals surface area contributed by atoms with Crippen molar-refractivity contribution < 1.29 is 22.7 Å². The number of carbonyl (C=O) groups excluding carboxylic acids is 2. The topological polar surface area (TPSA) is 108 Å². The summed E-state index contributed by atoms with van der Waals surface area (Å²) in [6, 6.07) is 11.9. The van der Waals surface area contributed by atoms with Gasteiger partial charge in [0.2, 0.25) is 10.0 Å². The molecule has 0 aliphatic carbocycles. The van der Waals surface area contributed by atoms with Crippen molar-refractivity contribution in [1.29, 1.82) is 0 Å². The molecule has 2 N–H and O–H groups in total. The average Bonchev–Trinajstić information content (AvgIpc) is 3.05. The molecule has 1 unspecified atom stereocenters. The molecule has 2 aliphatic heterocycles. The first-order valence-electron chi connectivity index (χ1n) is 10.3. The molecule has 0 radical (unpaired) electrons. The van der Waals surface area contributed by atoms with Crippen molar-refractivity contribution in [1.82, 2.24) is 14.9 Å². The Morgan fingerprint density at radius 2 is 1.75 bits per heavy atom. The number of benzene rings is 2. The molecule has 0 saturated carbocycles. The second-order valence-electron chi connectivity index (χ2n) is 8.13. The van der Waals surface area contributed by atoms with Crippen LogP contribution in [-0.2, 0) is 20.4 Å². The van der Waals surface area contributed by atoms with Crippen LogP contribution in [0.3, 0.4) is 0 Å². The van der Waals surface area contributed by atoms with Gasteiger partial charge in [0.25, 0.3) is 5.91 Å². The van der Waals surface area contributed by atoms with Crippen LogP contribution in [0.1, 0.15) is 18.1 Å². The van der Waals surface area contributed by atoms with E-state index in [1.54, 1.807) is 0 Å². The largest absolute Gasteiger partial charge is 0.496 e. The number of piperazine rings is 1. The summed E-state index contributed by atoms with van der Waals surface area (Å²) < 4.78 is 33.6. The lowest BCUT2D eigenvalue weighted by molar-refractivity contribution is -0.123. The number of aryl methyl sites for hydroxylation is 1. The van der Waals surface area contributed by atoms with Crippen LogP contribution in [0.4, 0.5) is 10.5 Å². The monoisotopic (exact) mass is 458 g/mol. The molecule has 3 amide bonds. The van der Waals surface area contributed by atoms with Gasteiger partial charge in [0.15, 0.2) is 0 Å². The standard InChI is InChI=1S/C22H26N4O5S/c1-15-5-4-6-16(13-15)25-9-11-26(12-10-25)32(29,30)17-7-8-19(31-3)18(14-17)22(2)20(27)23-21(28)24-22/h4-8,13-14H,9-12H2,1-3H3,(H2,23,24,27,28). The second-order valence-corrected chi connectivity index (χ2v) is 10.1. The Morgan fingerprint density at radius 1 is 1.03 bits per heavy atom. The third-order valence-electron chi connectivity index (χ3n) is 6.00. The first-order chi connectivity index (χ1) is 15.1. The van der Waals surface area contributed by atoms with E-state index >= 15 is 0 Å². The molecule has 4 rings (SSSR count). The van der Waals surface area contributed by atoms with Gasteiger partial charge in [-0.05, 0) is 49.7 Å². The summed E-state index contributed by atoms with van der Waals surface area (Å²) in [5.74, 6) is -0.254. The molecule has 2 saturated heterocycles. The maximum Gasteiger partial charge on any atom is 0.322 e. The maximum absolute atomic E-state index is 13.4. The van der Waals surface area contributed by atoms with E-state index in [1.807, 2.05) is 25.1 Å². The molecule has 0 spiro atoms. The number of rotatable bonds is 5. The molecule has 2 aliphatic rings. The number of anilines is 1. The van der Waals surface area contributed by atoms with E-state index in [9.17, 15) is 18.0 Å². The Labute approximate surface area is 187 Å². The van der Waals surface area contributed by atoms with Crippen molar-refractivity contribution in [2.75, 3.05) is 38.2 Å². The minimum Gasteiger partial charge on any atom is -0.496 e. The number of nitrogens with zero attached hydrogens (tertiary/aromatic N) is 2.